The number of rotatable bonds is 5. The van der Waals surface area contributed by atoms with Gasteiger partial charge in [-0.25, -0.2) is 4.98 Å². The van der Waals surface area contributed by atoms with E-state index >= 15 is 0 Å². The molecule has 1 rings (SSSR count). The van der Waals surface area contributed by atoms with E-state index in [1.54, 1.807) is 19.0 Å². The summed E-state index contributed by atoms with van der Waals surface area (Å²) in [5.74, 6) is -0.0816. The van der Waals surface area contributed by atoms with E-state index in [0.717, 1.165) is 5.69 Å². The highest BCUT2D eigenvalue weighted by molar-refractivity contribution is 7.13. The Hall–Kier alpha value is -1.47. The van der Waals surface area contributed by atoms with Gasteiger partial charge >= 0.3 is 0 Å². The van der Waals surface area contributed by atoms with Gasteiger partial charge in [-0.3, -0.25) is 14.5 Å². The molecule has 0 aliphatic rings. The van der Waals surface area contributed by atoms with Crippen molar-refractivity contribution in [1.82, 2.24) is 14.8 Å². The van der Waals surface area contributed by atoms with Crippen molar-refractivity contribution in [1.29, 1.82) is 0 Å². The number of nitrogens with one attached hydrogen (secondary N) is 1. The summed E-state index contributed by atoms with van der Waals surface area (Å²) >= 11 is 1.38. The third-order valence-corrected chi connectivity index (χ3v) is 2.98. The van der Waals surface area contributed by atoms with Crippen LogP contribution in [0, 0.1) is 0 Å². The van der Waals surface area contributed by atoms with Crippen molar-refractivity contribution >= 4 is 28.3 Å². The van der Waals surface area contributed by atoms with E-state index in [1.165, 1.54) is 18.3 Å². The minimum atomic E-state index is -0.132. The molecule has 0 aromatic carbocycles. The lowest BCUT2D eigenvalue weighted by atomic mass is 10.4. The molecule has 0 bridgehead atoms. The highest BCUT2D eigenvalue weighted by atomic mass is 32.1. The molecule has 100 valence electrons. The fraction of sp³-hybridized carbons (Fsp3) is 0.545. The van der Waals surface area contributed by atoms with Crippen molar-refractivity contribution in [2.45, 2.75) is 13.5 Å². The third kappa shape index (κ3) is 4.80. The zero-order chi connectivity index (χ0) is 13.7. The Balaban J connectivity index is 2.49. The van der Waals surface area contributed by atoms with Gasteiger partial charge < -0.3 is 10.2 Å². The number of likely N-dealkylation sites (N-methyl/N-ethyl adjacent to an activating group) is 2. The molecule has 1 heterocycles. The number of aromatic nitrogens is 1. The third-order valence-electron chi connectivity index (χ3n) is 2.17. The minimum absolute atomic E-state index is 0.0508. The first-order valence-electron chi connectivity index (χ1n) is 5.49. The smallest absolute Gasteiger partial charge is 0.236 e. The number of nitrogens with zero attached hydrogens (tertiary/aromatic N) is 3. The molecule has 0 atom stereocenters. The number of hydrogen-bond donors (Lipinski definition) is 1. The second kappa shape index (κ2) is 6.46. The Bertz CT molecular complexity index is 430. The lowest BCUT2D eigenvalue weighted by molar-refractivity contribution is -0.129. The van der Waals surface area contributed by atoms with Crippen LogP contribution >= 0.6 is 11.3 Å². The molecule has 1 N–H and O–H groups in total. The highest BCUT2D eigenvalue weighted by Gasteiger charge is 2.10. The Labute approximate surface area is 111 Å². The maximum absolute atomic E-state index is 11.5. The van der Waals surface area contributed by atoms with Gasteiger partial charge in [0.15, 0.2) is 5.13 Å². The Kier molecular flexibility index (Phi) is 5.24. The second-order valence-corrected chi connectivity index (χ2v) is 5.14. The van der Waals surface area contributed by atoms with Gasteiger partial charge in [0.05, 0.1) is 12.2 Å². The van der Waals surface area contributed by atoms with Crippen LogP contribution in [0.2, 0.25) is 0 Å². The first-order valence-corrected chi connectivity index (χ1v) is 6.37. The van der Waals surface area contributed by atoms with Crippen molar-refractivity contribution < 1.29 is 9.59 Å². The fourth-order valence-electron chi connectivity index (χ4n) is 1.29. The van der Waals surface area contributed by atoms with Crippen molar-refractivity contribution in [3.05, 3.63) is 11.1 Å². The van der Waals surface area contributed by atoms with Gasteiger partial charge in [-0.1, -0.05) is 0 Å². The van der Waals surface area contributed by atoms with E-state index in [0.29, 0.717) is 18.2 Å². The van der Waals surface area contributed by atoms with Crippen molar-refractivity contribution in [3.63, 3.8) is 0 Å². The monoisotopic (exact) mass is 270 g/mol. The van der Waals surface area contributed by atoms with Crippen LogP contribution in [0.15, 0.2) is 5.38 Å². The summed E-state index contributed by atoms with van der Waals surface area (Å²) < 4.78 is 0. The predicted octanol–water partition coefficient (Wildman–Crippen LogP) is 0.621. The zero-order valence-corrected chi connectivity index (χ0v) is 11.9. The van der Waals surface area contributed by atoms with E-state index < -0.39 is 0 Å². The molecule has 0 spiro atoms. The maximum Gasteiger partial charge on any atom is 0.236 e. The molecule has 0 saturated heterocycles. The molecule has 1 aromatic heterocycles. The van der Waals surface area contributed by atoms with Gasteiger partial charge in [-0.15, -0.1) is 11.3 Å². The number of anilines is 1. The summed E-state index contributed by atoms with van der Waals surface area (Å²) in [6.45, 7) is 2.37. The van der Waals surface area contributed by atoms with Gasteiger partial charge in [0.2, 0.25) is 11.8 Å². The van der Waals surface area contributed by atoms with Gasteiger partial charge in [0, 0.05) is 32.9 Å². The Morgan fingerprint density at radius 3 is 2.61 bits per heavy atom. The fourth-order valence-corrected chi connectivity index (χ4v) is 2.04. The molecule has 0 radical (unpaired) electrons. The van der Waals surface area contributed by atoms with Crippen LogP contribution in [-0.2, 0) is 16.1 Å². The lowest BCUT2D eigenvalue weighted by Gasteiger charge is -2.17. The summed E-state index contributed by atoms with van der Waals surface area (Å²) in [7, 11) is 5.32. The Morgan fingerprint density at radius 2 is 2.06 bits per heavy atom. The average Bonchev–Trinajstić information content (AvgIpc) is 2.63. The van der Waals surface area contributed by atoms with E-state index in [4.69, 9.17) is 0 Å². The second-order valence-electron chi connectivity index (χ2n) is 4.29. The van der Waals surface area contributed by atoms with Crippen molar-refractivity contribution in [2.24, 2.45) is 0 Å². The number of amides is 2. The molecule has 0 aliphatic heterocycles. The Morgan fingerprint density at radius 1 is 1.39 bits per heavy atom. The molecule has 7 heteroatoms. The molecular weight excluding hydrogens is 252 g/mol. The molecular formula is C11H18N4O2S. The summed E-state index contributed by atoms with van der Waals surface area (Å²) in [6, 6.07) is 0. The number of thiazole rings is 1. The number of carbonyl (C=O) groups excluding carboxylic acids is 2. The summed E-state index contributed by atoms with van der Waals surface area (Å²) in [5, 5.41) is 5.10. The highest BCUT2D eigenvalue weighted by Crippen LogP contribution is 2.16. The molecule has 18 heavy (non-hydrogen) atoms. The van der Waals surface area contributed by atoms with E-state index in [1.807, 2.05) is 17.3 Å². The van der Waals surface area contributed by atoms with Crippen molar-refractivity contribution in [3.8, 4) is 0 Å². The lowest BCUT2D eigenvalue weighted by Crippen LogP contribution is -2.34. The standard InChI is InChI=1S/C11H18N4O2S/c1-8(16)12-11-13-9(7-18-11)5-15(4)6-10(17)14(2)3/h7H,5-6H2,1-4H3,(H,12,13,16). The summed E-state index contributed by atoms with van der Waals surface area (Å²) in [5.41, 5.74) is 0.845. The van der Waals surface area contributed by atoms with Crippen LogP contribution in [0.25, 0.3) is 0 Å². The van der Waals surface area contributed by atoms with E-state index in [2.05, 4.69) is 10.3 Å². The summed E-state index contributed by atoms with van der Waals surface area (Å²) in [4.78, 5) is 30.1. The molecule has 1 aromatic rings. The zero-order valence-electron chi connectivity index (χ0n) is 11.1. The number of carbonyl (C=O) groups is 2. The van der Waals surface area contributed by atoms with Gasteiger partial charge in [-0.05, 0) is 7.05 Å². The van der Waals surface area contributed by atoms with Gasteiger partial charge in [-0.2, -0.15) is 0 Å². The molecule has 0 unspecified atom stereocenters. The van der Waals surface area contributed by atoms with Gasteiger partial charge in [0.25, 0.3) is 0 Å². The van der Waals surface area contributed by atoms with Crippen LogP contribution in [0.4, 0.5) is 5.13 Å². The largest absolute Gasteiger partial charge is 0.348 e. The topological polar surface area (TPSA) is 65.5 Å². The molecule has 2 amide bonds. The average molecular weight is 270 g/mol. The molecule has 6 nitrogen and oxygen atoms in total. The SMILES string of the molecule is CC(=O)Nc1nc(CN(C)CC(=O)N(C)C)cs1. The first kappa shape index (κ1) is 14.6. The van der Waals surface area contributed by atoms with Crippen LogP contribution in [-0.4, -0.2) is 54.3 Å². The van der Waals surface area contributed by atoms with Crippen LogP contribution in [0.3, 0.4) is 0 Å². The van der Waals surface area contributed by atoms with Crippen molar-refractivity contribution in [2.75, 3.05) is 33.0 Å². The van der Waals surface area contributed by atoms with E-state index in [9.17, 15) is 9.59 Å². The predicted molar refractivity (Wildman–Crippen MR) is 71.4 cm³/mol. The molecule has 0 saturated carbocycles. The van der Waals surface area contributed by atoms with Crippen LogP contribution in [0.1, 0.15) is 12.6 Å². The summed E-state index contributed by atoms with van der Waals surface area (Å²) in [6.07, 6.45) is 0. The van der Waals surface area contributed by atoms with Crippen LogP contribution in [0.5, 0.6) is 0 Å². The maximum atomic E-state index is 11.5. The molecule has 0 fully saturated rings. The minimum Gasteiger partial charge on any atom is -0.348 e. The first-order chi connectivity index (χ1) is 8.38. The van der Waals surface area contributed by atoms with E-state index in [-0.39, 0.29) is 11.8 Å². The molecule has 0 aliphatic carbocycles. The normalized spacial score (nSPS) is 10.5. The van der Waals surface area contributed by atoms with Gasteiger partial charge in [0.1, 0.15) is 0 Å². The number of hydrogen-bond acceptors (Lipinski definition) is 5. The quantitative estimate of drug-likeness (QED) is 0.852. The van der Waals surface area contributed by atoms with Crippen LogP contribution < -0.4 is 5.32 Å².